The van der Waals surface area contributed by atoms with Gasteiger partial charge in [-0.25, -0.2) is 0 Å². The lowest BCUT2D eigenvalue weighted by atomic mass is 10.1. The maximum Gasteiger partial charge on any atom is 0.534 e. The van der Waals surface area contributed by atoms with Crippen molar-refractivity contribution in [3.05, 3.63) is 120 Å². The molecule has 0 aliphatic rings. The van der Waals surface area contributed by atoms with Gasteiger partial charge in [-0.15, -0.1) is 3.63 Å². The monoisotopic (exact) mass is 886 g/mol. The smallest absolute Gasteiger partial charge is 0.508 e. The van der Waals surface area contributed by atoms with Crippen LogP contribution in [0.1, 0.15) is 22.5 Å². The molecule has 25 heteroatoms. The highest BCUT2D eigenvalue weighted by molar-refractivity contribution is 8.00. The highest BCUT2D eigenvalue weighted by Gasteiger charge is 2.57. The van der Waals surface area contributed by atoms with Crippen LogP contribution < -0.4 is 4.18 Å². The van der Waals surface area contributed by atoms with Gasteiger partial charge >= 0.3 is 46.9 Å². The predicted molar refractivity (Wildman–Crippen MR) is 191 cm³/mol. The van der Waals surface area contributed by atoms with Crippen LogP contribution in [0.4, 0.5) is 39.5 Å². The molecule has 2 aromatic heterocycles. The zero-order valence-corrected chi connectivity index (χ0v) is 30.7. The summed E-state index contributed by atoms with van der Waals surface area (Å²) in [4.78, 5) is 0. The summed E-state index contributed by atoms with van der Waals surface area (Å²) in [5.74, 6) is -0.196. The van der Waals surface area contributed by atoms with Gasteiger partial charge in [-0.1, -0.05) is 72.8 Å². The van der Waals surface area contributed by atoms with Gasteiger partial charge in [0.2, 0.25) is 0 Å². The van der Waals surface area contributed by atoms with Gasteiger partial charge in [0.25, 0.3) is 0 Å². The zero-order chi connectivity index (χ0) is 43.2. The number of phenolic OH excluding ortho intramolecular Hbond substituents is 1. The fourth-order valence-corrected chi connectivity index (χ4v) is 6.20. The number of aromatic amines is 2. The minimum atomic E-state index is -6.85. The van der Waals surface area contributed by atoms with Gasteiger partial charge in [-0.05, 0) is 59.7 Å². The van der Waals surface area contributed by atoms with Crippen LogP contribution >= 0.6 is 0 Å². The summed E-state index contributed by atoms with van der Waals surface area (Å²) < 4.78 is 174. The largest absolute Gasteiger partial charge is 0.534 e. The van der Waals surface area contributed by atoms with E-state index in [4.69, 9.17) is 0 Å². The molecule has 13 nitrogen and oxygen atoms in total. The number of fused-ring (bicyclic) bond motifs is 2. The Balaban J connectivity index is 0.000000201. The van der Waals surface area contributed by atoms with E-state index < -0.39 is 52.6 Å². The van der Waals surface area contributed by atoms with Crippen LogP contribution in [0.3, 0.4) is 0 Å². The average Bonchev–Trinajstić information content (AvgIpc) is 3.72. The third kappa shape index (κ3) is 11.6. The van der Waals surface area contributed by atoms with Crippen molar-refractivity contribution in [1.29, 1.82) is 0 Å². The molecule has 58 heavy (non-hydrogen) atoms. The Kier molecular flexibility index (Phi) is 13.4. The Labute approximate surface area is 321 Å². The average molecular weight is 887 g/mol. The Morgan fingerprint density at radius 3 is 1.33 bits per heavy atom. The number of nitrogens with zero attached hydrogens (tertiary/aromatic N) is 2. The van der Waals surface area contributed by atoms with E-state index in [1.54, 1.807) is 24.3 Å². The minimum absolute atomic E-state index is 0.248. The van der Waals surface area contributed by atoms with Gasteiger partial charge in [-0.2, -0.15) is 75.0 Å². The molecule has 0 spiro atoms. The van der Waals surface area contributed by atoms with Crippen LogP contribution in [-0.2, 0) is 34.0 Å². The van der Waals surface area contributed by atoms with Crippen LogP contribution in [0.15, 0.2) is 97.1 Å². The number of aromatic hydroxyl groups is 1. The molecule has 0 fully saturated rings. The molecule has 0 saturated carbocycles. The van der Waals surface area contributed by atoms with Crippen molar-refractivity contribution in [2.45, 2.75) is 16.5 Å². The number of aromatic nitrogens is 4. The van der Waals surface area contributed by atoms with Gasteiger partial charge < -0.3 is 9.29 Å². The second-order valence-corrected chi connectivity index (χ2v) is 15.8. The van der Waals surface area contributed by atoms with Gasteiger partial charge in [-0.3, -0.25) is 10.2 Å². The number of halogens is 9. The molecule has 0 unspecified atom stereocenters. The molecular weight excluding hydrogens is 864 g/mol. The lowest BCUT2D eigenvalue weighted by molar-refractivity contribution is -0.0586. The highest BCUT2D eigenvalue weighted by Crippen LogP contribution is 2.33. The van der Waals surface area contributed by atoms with Crippen LogP contribution in [-0.4, -0.2) is 67.3 Å². The van der Waals surface area contributed by atoms with E-state index in [1.807, 2.05) is 82.5 Å². The van der Waals surface area contributed by atoms with Crippen molar-refractivity contribution in [2.75, 3.05) is 0 Å². The number of rotatable bonds is 8. The molecule has 6 rings (SSSR count). The van der Waals surface area contributed by atoms with Crippen molar-refractivity contribution in [3.8, 4) is 11.5 Å². The molecule has 6 aromatic rings. The lowest BCUT2D eigenvalue weighted by Crippen LogP contribution is -2.34. The van der Waals surface area contributed by atoms with E-state index in [9.17, 15) is 69.9 Å². The normalized spacial score (nSPS) is 13.0. The van der Waals surface area contributed by atoms with Crippen LogP contribution in [0.2, 0.25) is 0 Å². The van der Waals surface area contributed by atoms with E-state index in [0.717, 1.165) is 33.8 Å². The zero-order valence-electron chi connectivity index (χ0n) is 28.3. The number of alkyl halides is 9. The Morgan fingerprint density at radius 1 is 0.517 bits per heavy atom. The van der Waals surface area contributed by atoms with E-state index >= 15 is 0 Å². The van der Waals surface area contributed by atoms with Gasteiger partial charge in [0.15, 0.2) is 0 Å². The van der Waals surface area contributed by atoms with E-state index in [-0.39, 0.29) is 5.75 Å². The predicted octanol–water partition coefficient (Wildman–Crippen LogP) is 8.10. The summed E-state index contributed by atoms with van der Waals surface area (Å²) in [6.45, 7) is 0. The molecular formula is C33H23F9N4O9S3. The van der Waals surface area contributed by atoms with Crippen molar-refractivity contribution in [2.24, 2.45) is 0 Å². The summed E-state index contributed by atoms with van der Waals surface area (Å²) >= 11 is 0. The summed E-state index contributed by atoms with van der Waals surface area (Å²) in [5, 5.41) is 24.8. The number of hydrogen-bond donors (Lipinski definition) is 3. The number of nitrogens with one attached hydrogen (secondary N) is 2. The van der Waals surface area contributed by atoms with Crippen LogP contribution in [0.25, 0.3) is 46.1 Å². The van der Waals surface area contributed by atoms with Crippen molar-refractivity contribution in [3.63, 3.8) is 0 Å². The van der Waals surface area contributed by atoms with Crippen molar-refractivity contribution in [1.82, 2.24) is 20.4 Å². The van der Waals surface area contributed by atoms with E-state index in [0.29, 0.717) is 16.6 Å². The SMILES string of the molecule is O=S(=O)(OS(=O)(=O)C(F)(F)F)C(F)(F)F.O=S(=O)(Oc1ccc2[nH]nc(/C=C/c3ccccc3)c2c1)C(F)(F)F.Oc1ccc2[nH]nc(/C=C/c3ccccc3)c2c1. The van der Waals surface area contributed by atoms with Crippen LogP contribution in [0.5, 0.6) is 11.5 Å². The first-order chi connectivity index (χ1) is 26.8. The molecule has 0 atom stereocenters. The third-order valence-electron chi connectivity index (χ3n) is 6.84. The fourth-order valence-electron chi connectivity index (χ4n) is 4.19. The fraction of sp³-hybridized carbons (Fsp3) is 0.0909. The summed E-state index contributed by atoms with van der Waals surface area (Å²) in [5.41, 5.74) is -13.3. The molecule has 0 radical (unpaired) electrons. The summed E-state index contributed by atoms with van der Waals surface area (Å²) in [7, 11) is -19.4. The Morgan fingerprint density at radius 2 is 0.914 bits per heavy atom. The Bertz CT molecular complexity index is 2710. The third-order valence-corrected chi connectivity index (χ3v) is 10.4. The topological polar surface area (TPSA) is 198 Å². The number of phenols is 1. The van der Waals surface area contributed by atoms with E-state index in [2.05, 4.69) is 24.6 Å². The molecule has 0 aliphatic carbocycles. The first-order valence-corrected chi connectivity index (χ1v) is 19.5. The maximum atomic E-state index is 12.4. The quantitative estimate of drug-likeness (QED) is 0.0758. The van der Waals surface area contributed by atoms with Crippen molar-refractivity contribution < 1.29 is 77.7 Å². The second kappa shape index (κ2) is 17.3. The second-order valence-electron chi connectivity index (χ2n) is 11.0. The number of hydrogen-bond acceptors (Lipinski definition) is 11. The summed E-state index contributed by atoms with van der Waals surface area (Å²) in [6, 6.07) is 28.2. The number of benzene rings is 4. The molecule has 0 aliphatic heterocycles. The molecule has 2 heterocycles. The molecule has 3 N–H and O–H groups in total. The standard InChI is InChI=1S/C16H11F3N2O3S.C15H12N2O.C2F6O5S2/c17-16(18,19)25(22,23)24-12-7-9-15-13(10-12)14(20-21-15)8-6-11-4-2-1-3-5-11;18-12-7-9-15-13(10-12)14(16-17-15)8-6-11-4-2-1-3-5-11;3-1(4,5)14(9,10)13-15(11,12)2(6,7)8/h1-10H,(H,20,21);1-10,18H,(H,16,17);/b2*8-6+;. The summed E-state index contributed by atoms with van der Waals surface area (Å²) in [6.07, 6.45) is 7.37. The van der Waals surface area contributed by atoms with Crippen LogP contribution in [0, 0.1) is 0 Å². The van der Waals surface area contributed by atoms with Gasteiger partial charge in [0, 0.05) is 10.8 Å². The molecule has 0 saturated heterocycles. The maximum absolute atomic E-state index is 12.4. The molecule has 0 amide bonds. The van der Waals surface area contributed by atoms with Crippen molar-refractivity contribution >= 4 is 76.5 Å². The minimum Gasteiger partial charge on any atom is -0.508 e. The van der Waals surface area contributed by atoms with E-state index in [1.165, 1.54) is 12.1 Å². The first-order valence-electron chi connectivity index (χ1n) is 15.3. The molecule has 0 bridgehead atoms. The Hall–Kier alpha value is -5.92. The lowest BCUT2D eigenvalue weighted by Gasteiger charge is -2.09. The number of H-pyrrole nitrogens is 2. The molecule has 4 aromatic carbocycles. The molecule has 310 valence electrons. The van der Waals surface area contributed by atoms with Gasteiger partial charge in [0.05, 0.1) is 22.4 Å². The first kappa shape index (κ1) is 44.8. The highest BCUT2D eigenvalue weighted by atomic mass is 32.3. The van der Waals surface area contributed by atoms with Gasteiger partial charge in [0.1, 0.15) is 11.5 Å².